The Labute approximate surface area is 199 Å². The maximum absolute atomic E-state index is 12.6. The molecule has 10 nitrogen and oxygen atoms in total. The van der Waals surface area contributed by atoms with E-state index in [9.17, 15) is 28.0 Å². The molecule has 1 saturated heterocycles. The molecule has 2 amide bonds. The normalized spacial score (nSPS) is 18.3. The highest BCUT2D eigenvalue weighted by atomic mass is 19.4. The summed E-state index contributed by atoms with van der Waals surface area (Å²) in [6.45, 7) is 1.73. The quantitative estimate of drug-likeness (QED) is 0.650. The van der Waals surface area contributed by atoms with Crippen LogP contribution in [0.1, 0.15) is 31.0 Å². The summed E-state index contributed by atoms with van der Waals surface area (Å²) in [5.74, 6) is -0.191. The van der Waals surface area contributed by atoms with Crippen molar-refractivity contribution in [2.24, 2.45) is 13.0 Å². The van der Waals surface area contributed by atoms with Crippen molar-refractivity contribution in [2.45, 2.75) is 38.4 Å². The number of rotatable bonds is 6. The summed E-state index contributed by atoms with van der Waals surface area (Å²) in [6.07, 6.45) is -0.0768. The lowest BCUT2D eigenvalue weighted by molar-refractivity contribution is -0.138. The molecule has 1 aliphatic heterocycles. The molecule has 0 spiro atoms. The van der Waals surface area contributed by atoms with Gasteiger partial charge in [0.05, 0.1) is 23.9 Å². The highest BCUT2D eigenvalue weighted by Crippen LogP contribution is 2.33. The van der Waals surface area contributed by atoms with Gasteiger partial charge in [0, 0.05) is 44.8 Å². The van der Waals surface area contributed by atoms with E-state index in [1.54, 1.807) is 13.2 Å². The van der Waals surface area contributed by atoms with Crippen LogP contribution in [0, 0.1) is 17.2 Å². The zero-order valence-corrected chi connectivity index (χ0v) is 19.3. The molecule has 1 N–H and O–H groups in total. The Morgan fingerprint density at radius 3 is 2.57 bits per heavy atom. The van der Waals surface area contributed by atoms with Gasteiger partial charge in [0.2, 0.25) is 11.8 Å². The zero-order valence-electron chi connectivity index (χ0n) is 19.3. The zero-order chi connectivity index (χ0) is 25.3. The van der Waals surface area contributed by atoms with E-state index >= 15 is 0 Å². The molecule has 3 heterocycles. The number of nitrogens with zero attached hydrogens (tertiary/aromatic N) is 7. The van der Waals surface area contributed by atoms with Gasteiger partial charge < -0.3 is 15.1 Å². The number of carbonyl (C=O) groups excluding carboxylic acids is 2. The molecular formula is C22H25F3N8O2. The number of aromatic nitrogens is 4. The maximum atomic E-state index is 12.6. The molecular weight excluding hydrogens is 465 g/mol. The van der Waals surface area contributed by atoms with E-state index < -0.39 is 25.0 Å². The third-order valence-electron chi connectivity index (χ3n) is 5.99. The Hall–Kier alpha value is -3.69. The third kappa shape index (κ3) is 5.70. The smallest absolute Gasteiger partial charge is 0.352 e. The van der Waals surface area contributed by atoms with Crippen molar-refractivity contribution in [3.63, 3.8) is 0 Å². The van der Waals surface area contributed by atoms with Crippen molar-refractivity contribution < 1.29 is 22.8 Å². The van der Waals surface area contributed by atoms with E-state index in [2.05, 4.69) is 15.1 Å². The Bertz CT molecular complexity index is 1170. The SMILES string of the molecule is C[C@@H]1CN(c2nc(-c3cnn(C)c3)nc(CC(=O)NCC(F)(F)F)c2C#N)CCN1C(=O)C1CC1. The number of piperazine rings is 1. The highest BCUT2D eigenvalue weighted by Gasteiger charge is 2.38. The van der Waals surface area contributed by atoms with Gasteiger partial charge in [0.15, 0.2) is 11.6 Å². The molecule has 1 aliphatic carbocycles. The van der Waals surface area contributed by atoms with Crippen LogP contribution in [0.2, 0.25) is 0 Å². The molecule has 2 aromatic rings. The fourth-order valence-electron chi connectivity index (χ4n) is 4.09. The first kappa shape index (κ1) is 24.4. The largest absolute Gasteiger partial charge is 0.405 e. The number of anilines is 1. The number of aryl methyl sites for hydroxylation is 1. The van der Waals surface area contributed by atoms with Crippen LogP contribution in [0.3, 0.4) is 0 Å². The Kier molecular flexibility index (Phi) is 6.64. The second kappa shape index (κ2) is 9.52. The maximum Gasteiger partial charge on any atom is 0.405 e. The van der Waals surface area contributed by atoms with Crippen LogP contribution < -0.4 is 10.2 Å². The summed E-state index contributed by atoms with van der Waals surface area (Å²) < 4.78 is 39.1. The summed E-state index contributed by atoms with van der Waals surface area (Å²) in [5.41, 5.74) is 0.583. The monoisotopic (exact) mass is 490 g/mol. The van der Waals surface area contributed by atoms with E-state index in [0.717, 1.165) is 12.8 Å². The van der Waals surface area contributed by atoms with Crippen LogP contribution in [0.15, 0.2) is 12.4 Å². The van der Waals surface area contributed by atoms with Gasteiger partial charge in [-0.2, -0.15) is 23.5 Å². The van der Waals surface area contributed by atoms with E-state index in [1.165, 1.54) is 10.9 Å². The molecule has 1 atom stereocenters. The fourth-order valence-corrected chi connectivity index (χ4v) is 4.09. The van der Waals surface area contributed by atoms with Gasteiger partial charge in [0.25, 0.3) is 0 Å². The van der Waals surface area contributed by atoms with Gasteiger partial charge in [-0.3, -0.25) is 14.3 Å². The minimum atomic E-state index is -4.56. The Morgan fingerprint density at radius 2 is 2.00 bits per heavy atom. The van der Waals surface area contributed by atoms with E-state index in [0.29, 0.717) is 25.2 Å². The van der Waals surface area contributed by atoms with Crippen molar-refractivity contribution in [1.82, 2.24) is 30.0 Å². The third-order valence-corrected chi connectivity index (χ3v) is 5.99. The number of carbonyl (C=O) groups is 2. The first-order valence-electron chi connectivity index (χ1n) is 11.2. The number of nitrogens with one attached hydrogen (secondary N) is 1. The van der Waals surface area contributed by atoms with Gasteiger partial charge in [0.1, 0.15) is 18.2 Å². The average Bonchev–Trinajstić information content (AvgIpc) is 3.56. The summed E-state index contributed by atoms with van der Waals surface area (Å²) in [5, 5.41) is 15.8. The highest BCUT2D eigenvalue weighted by molar-refractivity contribution is 5.82. The van der Waals surface area contributed by atoms with Crippen molar-refractivity contribution in [2.75, 3.05) is 31.1 Å². The van der Waals surface area contributed by atoms with E-state index in [4.69, 9.17) is 0 Å². The number of nitriles is 1. The topological polar surface area (TPSA) is 120 Å². The van der Waals surface area contributed by atoms with Gasteiger partial charge in [-0.15, -0.1) is 0 Å². The molecule has 2 aliphatic rings. The van der Waals surface area contributed by atoms with Crippen LogP contribution >= 0.6 is 0 Å². The molecule has 35 heavy (non-hydrogen) atoms. The van der Waals surface area contributed by atoms with Crippen LogP contribution in [-0.4, -0.2) is 74.9 Å². The Morgan fingerprint density at radius 1 is 1.26 bits per heavy atom. The molecule has 13 heteroatoms. The second-order valence-corrected chi connectivity index (χ2v) is 8.88. The van der Waals surface area contributed by atoms with Gasteiger partial charge in [-0.05, 0) is 19.8 Å². The fraction of sp³-hybridized carbons (Fsp3) is 0.545. The number of halogens is 3. The van der Waals surface area contributed by atoms with Gasteiger partial charge >= 0.3 is 6.18 Å². The van der Waals surface area contributed by atoms with Crippen molar-refractivity contribution in [3.05, 3.63) is 23.7 Å². The molecule has 2 aromatic heterocycles. The van der Waals surface area contributed by atoms with Gasteiger partial charge in [-0.25, -0.2) is 9.97 Å². The number of amides is 2. The molecule has 0 radical (unpaired) electrons. The molecule has 1 saturated carbocycles. The van der Waals surface area contributed by atoms with Crippen molar-refractivity contribution in [3.8, 4) is 17.5 Å². The minimum absolute atomic E-state index is 0.0222. The minimum Gasteiger partial charge on any atom is -0.352 e. The van der Waals surface area contributed by atoms with Gasteiger partial charge in [-0.1, -0.05) is 0 Å². The van der Waals surface area contributed by atoms with Crippen LogP contribution in [-0.2, 0) is 23.1 Å². The number of alkyl halides is 3. The molecule has 0 aromatic carbocycles. The van der Waals surface area contributed by atoms with Crippen LogP contribution in [0.4, 0.5) is 19.0 Å². The molecule has 4 rings (SSSR count). The molecule has 0 unspecified atom stereocenters. The van der Waals surface area contributed by atoms with Crippen LogP contribution in [0.5, 0.6) is 0 Å². The number of hydrogen-bond acceptors (Lipinski definition) is 7. The van der Waals surface area contributed by atoms with Crippen molar-refractivity contribution >= 4 is 17.6 Å². The predicted molar refractivity (Wildman–Crippen MR) is 118 cm³/mol. The second-order valence-electron chi connectivity index (χ2n) is 8.88. The first-order valence-corrected chi connectivity index (χ1v) is 11.2. The predicted octanol–water partition coefficient (Wildman–Crippen LogP) is 1.42. The lowest BCUT2D eigenvalue weighted by Crippen LogP contribution is -2.55. The molecule has 186 valence electrons. The summed E-state index contributed by atoms with van der Waals surface area (Å²) in [4.78, 5) is 37.5. The summed E-state index contributed by atoms with van der Waals surface area (Å²) in [6, 6.07) is 1.90. The summed E-state index contributed by atoms with van der Waals surface area (Å²) >= 11 is 0. The molecule has 0 bridgehead atoms. The lowest BCUT2D eigenvalue weighted by atomic mass is 10.1. The van der Waals surface area contributed by atoms with Crippen LogP contribution in [0.25, 0.3) is 11.4 Å². The standard InChI is InChI=1S/C22H25F3N8O2/c1-13-10-32(5-6-33(13)21(35)14-3-4-14)20-16(8-26)17(7-18(34)27-12-22(23,24)25)29-19(30-20)15-9-28-31(2)11-15/h9,11,13-14H,3-7,10,12H2,1-2H3,(H,27,34)/t13-/m1/s1. The van der Waals surface area contributed by atoms with E-state index in [-0.39, 0.29) is 40.8 Å². The molecule has 2 fully saturated rings. The Balaban J connectivity index is 1.65. The van der Waals surface area contributed by atoms with Crippen molar-refractivity contribution in [1.29, 1.82) is 5.26 Å². The first-order chi connectivity index (χ1) is 16.6. The average molecular weight is 490 g/mol. The summed E-state index contributed by atoms with van der Waals surface area (Å²) in [7, 11) is 1.71. The lowest BCUT2D eigenvalue weighted by Gasteiger charge is -2.41. The van der Waals surface area contributed by atoms with E-state index in [1.807, 2.05) is 28.1 Å². The number of hydrogen-bond donors (Lipinski definition) is 1.